The number of nitrogens with one attached hydrogen (secondary N) is 3. The third-order valence-electron chi connectivity index (χ3n) is 4.36. The number of aliphatic carboxylic acids is 1. The summed E-state index contributed by atoms with van der Waals surface area (Å²) in [5.41, 5.74) is 6.78. The third-order valence-corrected chi connectivity index (χ3v) is 5.00. The standard InChI is InChI=1S/C20H30N4O6S/c1-12(25)17(24-18(28)14(21)10-13-6-4-3-5-7-13)20(30)23-15(8-9-31-2)19(29)22-11-16(26)27/h3-7,12,14-15,17,25H,8-11,21H2,1-2H3,(H,22,29)(H,23,30)(H,24,28)(H,26,27). The molecular weight excluding hydrogens is 424 g/mol. The van der Waals surface area contributed by atoms with Gasteiger partial charge in [-0.05, 0) is 37.3 Å². The van der Waals surface area contributed by atoms with E-state index >= 15 is 0 Å². The molecular formula is C20H30N4O6S. The van der Waals surface area contributed by atoms with E-state index in [0.29, 0.717) is 5.75 Å². The molecule has 0 spiro atoms. The summed E-state index contributed by atoms with van der Waals surface area (Å²) in [4.78, 5) is 48.1. The number of carboxylic acid groups (broad SMARTS) is 1. The number of aliphatic hydroxyl groups is 1. The van der Waals surface area contributed by atoms with E-state index in [1.807, 2.05) is 36.6 Å². The molecule has 4 atom stereocenters. The molecule has 3 amide bonds. The number of amides is 3. The summed E-state index contributed by atoms with van der Waals surface area (Å²) < 4.78 is 0. The normalized spacial score (nSPS) is 14.6. The summed E-state index contributed by atoms with van der Waals surface area (Å²) in [6.07, 6.45) is 1.05. The average molecular weight is 455 g/mol. The van der Waals surface area contributed by atoms with Crippen LogP contribution in [0.5, 0.6) is 0 Å². The van der Waals surface area contributed by atoms with Gasteiger partial charge in [0.05, 0.1) is 12.1 Å². The first-order chi connectivity index (χ1) is 14.6. The lowest BCUT2D eigenvalue weighted by Gasteiger charge is -2.25. The Morgan fingerprint density at radius 1 is 1.06 bits per heavy atom. The molecule has 1 rings (SSSR count). The molecule has 0 saturated carbocycles. The summed E-state index contributed by atoms with van der Waals surface area (Å²) in [7, 11) is 0. The van der Waals surface area contributed by atoms with Crippen LogP contribution in [0.25, 0.3) is 0 Å². The smallest absolute Gasteiger partial charge is 0.322 e. The van der Waals surface area contributed by atoms with Crippen molar-refractivity contribution in [3.8, 4) is 0 Å². The number of carbonyl (C=O) groups is 4. The first-order valence-corrected chi connectivity index (χ1v) is 11.1. The van der Waals surface area contributed by atoms with Gasteiger partial charge in [-0.2, -0.15) is 11.8 Å². The SMILES string of the molecule is CSCCC(NC(=O)C(NC(=O)C(N)Cc1ccccc1)C(C)O)C(=O)NCC(=O)O. The summed E-state index contributed by atoms with van der Waals surface area (Å²) >= 11 is 1.45. The van der Waals surface area contributed by atoms with Crippen LogP contribution in [-0.4, -0.2) is 76.7 Å². The van der Waals surface area contributed by atoms with E-state index in [0.717, 1.165) is 5.56 Å². The minimum atomic E-state index is -1.33. The first-order valence-electron chi connectivity index (χ1n) is 9.72. The lowest BCUT2D eigenvalue weighted by Crippen LogP contribution is -2.59. The number of nitrogens with two attached hydrogens (primary N) is 1. The van der Waals surface area contributed by atoms with E-state index in [4.69, 9.17) is 10.8 Å². The van der Waals surface area contributed by atoms with Crippen LogP contribution in [0.3, 0.4) is 0 Å². The van der Waals surface area contributed by atoms with Crippen molar-refractivity contribution in [3.05, 3.63) is 35.9 Å². The Balaban J connectivity index is 2.79. The molecule has 0 bridgehead atoms. The molecule has 4 unspecified atom stereocenters. The van der Waals surface area contributed by atoms with E-state index in [1.54, 1.807) is 0 Å². The van der Waals surface area contributed by atoms with Gasteiger partial charge in [0.2, 0.25) is 17.7 Å². The van der Waals surface area contributed by atoms with Gasteiger partial charge in [-0.3, -0.25) is 19.2 Å². The van der Waals surface area contributed by atoms with Crippen LogP contribution in [0.15, 0.2) is 30.3 Å². The molecule has 1 aromatic carbocycles. The van der Waals surface area contributed by atoms with Crippen molar-refractivity contribution in [1.29, 1.82) is 0 Å². The summed E-state index contributed by atoms with van der Waals surface area (Å²) in [5.74, 6) is -2.75. The maximum absolute atomic E-state index is 12.7. The molecule has 10 nitrogen and oxygen atoms in total. The van der Waals surface area contributed by atoms with Crippen molar-refractivity contribution in [2.45, 2.75) is 44.0 Å². The highest BCUT2D eigenvalue weighted by atomic mass is 32.2. The van der Waals surface area contributed by atoms with Gasteiger partial charge < -0.3 is 31.9 Å². The van der Waals surface area contributed by atoms with Gasteiger partial charge in [0, 0.05) is 0 Å². The zero-order chi connectivity index (χ0) is 23.4. The van der Waals surface area contributed by atoms with Crippen molar-refractivity contribution in [2.75, 3.05) is 18.6 Å². The van der Waals surface area contributed by atoms with Gasteiger partial charge >= 0.3 is 5.97 Å². The van der Waals surface area contributed by atoms with Gasteiger partial charge in [0.15, 0.2) is 0 Å². The lowest BCUT2D eigenvalue weighted by atomic mass is 10.0. The molecule has 0 heterocycles. The van der Waals surface area contributed by atoms with E-state index < -0.39 is 54.5 Å². The van der Waals surface area contributed by atoms with E-state index in [-0.39, 0.29) is 12.8 Å². The molecule has 0 radical (unpaired) electrons. The zero-order valence-corrected chi connectivity index (χ0v) is 18.4. The predicted molar refractivity (Wildman–Crippen MR) is 117 cm³/mol. The largest absolute Gasteiger partial charge is 0.480 e. The minimum absolute atomic E-state index is 0.242. The van der Waals surface area contributed by atoms with Crippen molar-refractivity contribution in [1.82, 2.24) is 16.0 Å². The fourth-order valence-electron chi connectivity index (χ4n) is 2.68. The van der Waals surface area contributed by atoms with Crippen LogP contribution in [0.4, 0.5) is 0 Å². The number of rotatable bonds is 13. The van der Waals surface area contributed by atoms with Crippen LogP contribution >= 0.6 is 11.8 Å². The summed E-state index contributed by atoms with van der Waals surface area (Å²) in [6, 6.07) is 5.81. The molecule has 11 heteroatoms. The number of hydrogen-bond donors (Lipinski definition) is 6. The van der Waals surface area contributed by atoms with E-state index in [9.17, 15) is 24.3 Å². The van der Waals surface area contributed by atoms with Gasteiger partial charge in [0.1, 0.15) is 18.6 Å². The number of thioether (sulfide) groups is 1. The molecule has 0 saturated heterocycles. The van der Waals surface area contributed by atoms with Crippen molar-refractivity contribution >= 4 is 35.5 Å². The Morgan fingerprint density at radius 2 is 1.71 bits per heavy atom. The quantitative estimate of drug-likeness (QED) is 0.217. The topological polar surface area (TPSA) is 171 Å². The van der Waals surface area contributed by atoms with Crippen molar-refractivity contribution in [2.24, 2.45) is 5.73 Å². The number of carboxylic acids is 1. The number of carbonyl (C=O) groups excluding carboxylic acids is 3. The second-order valence-corrected chi connectivity index (χ2v) is 7.96. The fraction of sp³-hybridized carbons (Fsp3) is 0.500. The Morgan fingerprint density at radius 3 is 2.26 bits per heavy atom. The maximum atomic E-state index is 12.7. The Hall–Kier alpha value is -2.63. The predicted octanol–water partition coefficient (Wildman–Crippen LogP) is -1.14. The highest BCUT2D eigenvalue weighted by molar-refractivity contribution is 7.98. The van der Waals surface area contributed by atoms with Crippen LogP contribution in [0.2, 0.25) is 0 Å². The molecule has 0 aromatic heterocycles. The molecule has 31 heavy (non-hydrogen) atoms. The second-order valence-electron chi connectivity index (χ2n) is 6.98. The summed E-state index contributed by atoms with van der Waals surface area (Å²) in [6.45, 7) is 0.740. The zero-order valence-electron chi connectivity index (χ0n) is 17.5. The van der Waals surface area contributed by atoms with Crippen molar-refractivity contribution in [3.63, 3.8) is 0 Å². The number of aliphatic hydroxyl groups excluding tert-OH is 1. The highest BCUT2D eigenvalue weighted by Crippen LogP contribution is 2.05. The Labute approximate surface area is 185 Å². The third kappa shape index (κ3) is 9.81. The molecule has 7 N–H and O–H groups in total. The van der Waals surface area contributed by atoms with E-state index in [1.165, 1.54) is 18.7 Å². The molecule has 1 aromatic rings. The van der Waals surface area contributed by atoms with Gasteiger partial charge in [-0.15, -0.1) is 0 Å². The fourth-order valence-corrected chi connectivity index (χ4v) is 3.15. The van der Waals surface area contributed by atoms with Gasteiger partial charge in [-0.25, -0.2) is 0 Å². The molecule has 0 fully saturated rings. The minimum Gasteiger partial charge on any atom is -0.480 e. The van der Waals surface area contributed by atoms with Gasteiger partial charge in [-0.1, -0.05) is 30.3 Å². The first kappa shape index (κ1) is 26.4. The molecule has 0 aliphatic heterocycles. The van der Waals surface area contributed by atoms with Crippen molar-refractivity contribution < 1.29 is 29.4 Å². The monoisotopic (exact) mass is 454 g/mol. The average Bonchev–Trinajstić information content (AvgIpc) is 2.73. The van der Waals surface area contributed by atoms with Gasteiger partial charge in [0.25, 0.3) is 0 Å². The lowest BCUT2D eigenvalue weighted by molar-refractivity contribution is -0.138. The van der Waals surface area contributed by atoms with Crippen LogP contribution in [-0.2, 0) is 25.6 Å². The molecule has 0 aliphatic carbocycles. The number of benzene rings is 1. The second kappa shape index (κ2) is 13.6. The Kier molecular flexibility index (Phi) is 11.6. The van der Waals surface area contributed by atoms with Crippen LogP contribution in [0.1, 0.15) is 18.9 Å². The van der Waals surface area contributed by atoms with Crippen LogP contribution in [0, 0.1) is 0 Å². The maximum Gasteiger partial charge on any atom is 0.322 e. The number of hydrogen-bond acceptors (Lipinski definition) is 7. The van der Waals surface area contributed by atoms with E-state index in [2.05, 4.69) is 16.0 Å². The van der Waals surface area contributed by atoms with Crippen LogP contribution < -0.4 is 21.7 Å². The highest BCUT2D eigenvalue weighted by Gasteiger charge is 2.31. The molecule has 172 valence electrons. The summed E-state index contributed by atoms with van der Waals surface area (Å²) in [5, 5.41) is 25.9. The molecule has 0 aliphatic rings. The Bertz CT molecular complexity index is 746.